The van der Waals surface area contributed by atoms with Gasteiger partial charge in [0, 0.05) is 21.3 Å². The smallest absolute Gasteiger partial charge is 0.0938 e. The highest BCUT2D eigenvalue weighted by Crippen LogP contribution is 2.30. The molecule has 1 N–H and O–H groups in total. The summed E-state index contributed by atoms with van der Waals surface area (Å²) in [6, 6.07) is 8.42. The number of aryl methyl sites for hydroxylation is 1. The van der Waals surface area contributed by atoms with Gasteiger partial charge in [0.2, 0.25) is 0 Å². The van der Waals surface area contributed by atoms with E-state index in [-0.39, 0.29) is 0 Å². The fourth-order valence-electron chi connectivity index (χ4n) is 2.55. The van der Waals surface area contributed by atoms with Crippen LogP contribution in [0.3, 0.4) is 0 Å². The van der Waals surface area contributed by atoms with E-state index in [2.05, 4.69) is 52.4 Å². The molecule has 0 bridgehead atoms. The molecular formula is C15H17BrN2S. The molecule has 1 aliphatic rings. The predicted molar refractivity (Wildman–Crippen MR) is 84.7 cm³/mol. The SMILES string of the molecule is Cc1sc(CC2CCNC2)nc1-c1ccc(Br)cc1. The first kappa shape index (κ1) is 13.3. The molecule has 0 saturated carbocycles. The number of aromatic nitrogens is 1. The van der Waals surface area contributed by atoms with Gasteiger partial charge in [-0.05, 0) is 44.5 Å². The highest BCUT2D eigenvalue weighted by molar-refractivity contribution is 9.10. The van der Waals surface area contributed by atoms with Gasteiger partial charge in [0.25, 0.3) is 0 Å². The summed E-state index contributed by atoms with van der Waals surface area (Å²) in [4.78, 5) is 6.17. The summed E-state index contributed by atoms with van der Waals surface area (Å²) in [7, 11) is 0. The van der Waals surface area contributed by atoms with E-state index in [1.54, 1.807) is 0 Å². The second-order valence-corrected chi connectivity index (χ2v) is 7.29. The van der Waals surface area contributed by atoms with E-state index in [9.17, 15) is 0 Å². The fourth-order valence-corrected chi connectivity index (χ4v) is 3.88. The van der Waals surface area contributed by atoms with Crippen molar-refractivity contribution in [3.63, 3.8) is 0 Å². The maximum Gasteiger partial charge on any atom is 0.0938 e. The van der Waals surface area contributed by atoms with Crippen LogP contribution in [0, 0.1) is 12.8 Å². The van der Waals surface area contributed by atoms with Gasteiger partial charge in [-0.2, -0.15) is 0 Å². The van der Waals surface area contributed by atoms with Crippen LogP contribution < -0.4 is 5.32 Å². The number of thiazole rings is 1. The van der Waals surface area contributed by atoms with Gasteiger partial charge in [0.15, 0.2) is 0 Å². The van der Waals surface area contributed by atoms with Crippen molar-refractivity contribution in [2.45, 2.75) is 19.8 Å². The highest BCUT2D eigenvalue weighted by atomic mass is 79.9. The number of hydrogen-bond donors (Lipinski definition) is 1. The number of nitrogens with one attached hydrogen (secondary N) is 1. The van der Waals surface area contributed by atoms with Crippen LogP contribution in [0.1, 0.15) is 16.3 Å². The zero-order chi connectivity index (χ0) is 13.2. The summed E-state index contributed by atoms with van der Waals surface area (Å²) in [6.07, 6.45) is 2.40. The fraction of sp³-hybridized carbons (Fsp3) is 0.400. The Morgan fingerprint density at radius 2 is 2.16 bits per heavy atom. The van der Waals surface area contributed by atoms with Crippen LogP contribution in [-0.2, 0) is 6.42 Å². The minimum absolute atomic E-state index is 0.767. The summed E-state index contributed by atoms with van der Waals surface area (Å²) in [6.45, 7) is 4.48. The normalized spacial score (nSPS) is 18.9. The molecule has 0 radical (unpaired) electrons. The molecule has 0 spiro atoms. The molecule has 1 aliphatic heterocycles. The van der Waals surface area contributed by atoms with Gasteiger partial charge in [-0.15, -0.1) is 11.3 Å². The molecule has 1 aromatic heterocycles. The molecule has 100 valence electrons. The first-order valence-corrected chi connectivity index (χ1v) is 8.26. The van der Waals surface area contributed by atoms with Crippen molar-refractivity contribution in [3.05, 3.63) is 38.6 Å². The molecule has 0 amide bonds. The maximum absolute atomic E-state index is 4.85. The Labute approximate surface area is 126 Å². The predicted octanol–water partition coefficient (Wildman–Crippen LogP) is 4.03. The third-order valence-corrected chi connectivity index (χ3v) is 5.11. The van der Waals surface area contributed by atoms with Crippen LogP contribution in [0.25, 0.3) is 11.3 Å². The first-order valence-electron chi connectivity index (χ1n) is 6.65. The van der Waals surface area contributed by atoms with Gasteiger partial charge in [-0.1, -0.05) is 28.1 Å². The standard InChI is InChI=1S/C15H17BrN2S/c1-10-15(12-2-4-13(16)5-3-12)18-14(19-10)8-11-6-7-17-9-11/h2-5,11,17H,6-9H2,1H3. The second-order valence-electron chi connectivity index (χ2n) is 5.08. The van der Waals surface area contributed by atoms with Gasteiger partial charge in [0.05, 0.1) is 10.7 Å². The van der Waals surface area contributed by atoms with Gasteiger partial charge < -0.3 is 5.32 Å². The van der Waals surface area contributed by atoms with Crippen LogP contribution in [0.5, 0.6) is 0 Å². The summed E-state index contributed by atoms with van der Waals surface area (Å²) in [5.41, 5.74) is 2.37. The Balaban J connectivity index is 1.82. The van der Waals surface area contributed by atoms with Crippen molar-refractivity contribution in [2.24, 2.45) is 5.92 Å². The van der Waals surface area contributed by atoms with Gasteiger partial charge in [-0.25, -0.2) is 4.98 Å². The lowest BCUT2D eigenvalue weighted by Crippen LogP contribution is -2.10. The maximum atomic E-state index is 4.85. The highest BCUT2D eigenvalue weighted by Gasteiger charge is 2.18. The van der Waals surface area contributed by atoms with Crippen molar-refractivity contribution in [3.8, 4) is 11.3 Å². The Kier molecular flexibility index (Phi) is 4.01. The van der Waals surface area contributed by atoms with E-state index >= 15 is 0 Å². The molecule has 1 atom stereocenters. The number of hydrogen-bond acceptors (Lipinski definition) is 3. The van der Waals surface area contributed by atoms with Gasteiger partial charge in [0.1, 0.15) is 0 Å². The van der Waals surface area contributed by atoms with Crippen LogP contribution in [-0.4, -0.2) is 18.1 Å². The summed E-state index contributed by atoms with van der Waals surface area (Å²) < 4.78 is 1.11. The summed E-state index contributed by atoms with van der Waals surface area (Å²) >= 11 is 5.32. The molecule has 1 unspecified atom stereocenters. The average Bonchev–Trinajstić information content (AvgIpc) is 3.01. The third kappa shape index (κ3) is 3.07. The zero-order valence-corrected chi connectivity index (χ0v) is 13.4. The topological polar surface area (TPSA) is 24.9 Å². The molecule has 2 heterocycles. The largest absolute Gasteiger partial charge is 0.316 e. The molecule has 3 rings (SSSR count). The molecule has 1 saturated heterocycles. The lowest BCUT2D eigenvalue weighted by Gasteiger charge is -2.03. The quantitative estimate of drug-likeness (QED) is 0.915. The van der Waals surface area contributed by atoms with Crippen LogP contribution in [0.4, 0.5) is 0 Å². The van der Waals surface area contributed by atoms with E-state index < -0.39 is 0 Å². The van der Waals surface area contributed by atoms with Crippen molar-refractivity contribution in [1.82, 2.24) is 10.3 Å². The van der Waals surface area contributed by atoms with E-state index in [1.807, 2.05) is 11.3 Å². The minimum Gasteiger partial charge on any atom is -0.316 e. The third-order valence-electron chi connectivity index (χ3n) is 3.58. The number of rotatable bonds is 3. The van der Waals surface area contributed by atoms with E-state index in [0.717, 1.165) is 35.6 Å². The van der Waals surface area contributed by atoms with Gasteiger partial charge >= 0.3 is 0 Å². The van der Waals surface area contributed by atoms with Crippen LogP contribution >= 0.6 is 27.3 Å². The number of nitrogens with zero attached hydrogens (tertiary/aromatic N) is 1. The van der Waals surface area contributed by atoms with Crippen LogP contribution in [0.2, 0.25) is 0 Å². The van der Waals surface area contributed by atoms with Crippen molar-refractivity contribution >= 4 is 27.3 Å². The monoisotopic (exact) mass is 336 g/mol. The Morgan fingerprint density at radius 1 is 1.37 bits per heavy atom. The lowest BCUT2D eigenvalue weighted by molar-refractivity contribution is 0.578. The minimum atomic E-state index is 0.767. The van der Waals surface area contributed by atoms with E-state index in [1.165, 1.54) is 21.9 Å². The molecular weight excluding hydrogens is 320 g/mol. The van der Waals surface area contributed by atoms with Crippen LogP contribution in [0.15, 0.2) is 28.7 Å². The lowest BCUT2D eigenvalue weighted by atomic mass is 10.1. The molecule has 4 heteroatoms. The molecule has 1 fully saturated rings. The number of benzene rings is 1. The Hall–Kier alpha value is -0.710. The first-order chi connectivity index (χ1) is 9.22. The second kappa shape index (κ2) is 5.73. The zero-order valence-electron chi connectivity index (χ0n) is 10.9. The average molecular weight is 337 g/mol. The molecule has 19 heavy (non-hydrogen) atoms. The Morgan fingerprint density at radius 3 is 2.84 bits per heavy atom. The van der Waals surface area contributed by atoms with E-state index in [0.29, 0.717) is 0 Å². The summed E-state index contributed by atoms with van der Waals surface area (Å²) in [5, 5.41) is 4.71. The van der Waals surface area contributed by atoms with Crippen molar-refractivity contribution < 1.29 is 0 Å². The number of halogens is 1. The van der Waals surface area contributed by atoms with Crippen molar-refractivity contribution in [1.29, 1.82) is 0 Å². The van der Waals surface area contributed by atoms with E-state index in [4.69, 9.17) is 4.98 Å². The molecule has 2 aromatic rings. The molecule has 2 nitrogen and oxygen atoms in total. The van der Waals surface area contributed by atoms with Gasteiger partial charge in [-0.3, -0.25) is 0 Å². The van der Waals surface area contributed by atoms with Crippen molar-refractivity contribution in [2.75, 3.05) is 13.1 Å². The molecule has 0 aliphatic carbocycles. The Bertz CT molecular complexity index is 556. The summed E-state index contributed by atoms with van der Waals surface area (Å²) in [5.74, 6) is 0.767. The molecule has 1 aromatic carbocycles.